The summed E-state index contributed by atoms with van der Waals surface area (Å²) < 4.78 is 11.1. The Kier molecular flexibility index (Phi) is 5.84. The van der Waals surface area contributed by atoms with Crippen LogP contribution in [0.1, 0.15) is 41.6 Å². The first-order valence-corrected chi connectivity index (χ1v) is 9.56. The molecular weight excluding hydrogens is 324 g/mol. The molecule has 0 aromatic heterocycles. The van der Waals surface area contributed by atoms with Crippen LogP contribution in [-0.4, -0.2) is 26.8 Å². The fraction of sp³-hybridized carbons (Fsp3) is 0.455. The van der Waals surface area contributed by atoms with Crippen molar-refractivity contribution >= 4 is 0 Å². The van der Waals surface area contributed by atoms with Gasteiger partial charge in [-0.05, 0) is 30.2 Å². The summed E-state index contributed by atoms with van der Waals surface area (Å²) >= 11 is 0. The van der Waals surface area contributed by atoms with Crippen molar-refractivity contribution in [2.24, 2.45) is 0 Å². The van der Waals surface area contributed by atoms with Crippen LogP contribution >= 0.6 is 0 Å². The minimum Gasteiger partial charge on any atom is -0.493 e. The summed E-state index contributed by atoms with van der Waals surface area (Å²) in [5.74, 6) is 1.64. The number of methoxy groups -OCH3 is 2. The van der Waals surface area contributed by atoms with Crippen molar-refractivity contribution in [1.29, 1.82) is 0 Å². The van der Waals surface area contributed by atoms with E-state index in [1.165, 1.54) is 22.3 Å². The van der Waals surface area contributed by atoms with Crippen LogP contribution in [0, 0.1) is 6.92 Å². The largest absolute Gasteiger partial charge is 0.493 e. The van der Waals surface area contributed by atoms with Gasteiger partial charge in [-0.2, -0.15) is 0 Å². The van der Waals surface area contributed by atoms with Crippen molar-refractivity contribution in [2.45, 2.75) is 45.3 Å². The van der Waals surface area contributed by atoms with Gasteiger partial charge in [-0.25, -0.2) is 0 Å². The molecule has 0 saturated carbocycles. The zero-order chi connectivity index (χ0) is 18.7. The van der Waals surface area contributed by atoms with E-state index in [-0.39, 0.29) is 0 Å². The maximum absolute atomic E-state index is 5.58. The van der Waals surface area contributed by atoms with Crippen LogP contribution in [0.5, 0.6) is 11.5 Å². The van der Waals surface area contributed by atoms with Crippen LogP contribution < -0.4 is 20.1 Å². The van der Waals surface area contributed by atoms with E-state index < -0.39 is 0 Å². The van der Waals surface area contributed by atoms with Crippen LogP contribution in [0.3, 0.4) is 0 Å². The quantitative estimate of drug-likeness (QED) is 0.828. The zero-order valence-corrected chi connectivity index (χ0v) is 16.5. The van der Waals surface area contributed by atoms with Gasteiger partial charge in [-0.3, -0.25) is 0 Å². The third-order valence-corrected chi connectivity index (χ3v) is 5.81. The van der Waals surface area contributed by atoms with Gasteiger partial charge in [-0.15, -0.1) is 0 Å². The van der Waals surface area contributed by atoms with E-state index in [9.17, 15) is 0 Å². The fourth-order valence-electron chi connectivity index (χ4n) is 4.19. The second kappa shape index (κ2) is 8.11. The van der Waals surface area contributed by atoms with Crippen LogP contribution in [0.4, 0.5) is 0 Å². The van der Waals surface area contributed by atoms with Crippen LogP contribution in [0.25, 0.3) is 0 Å². The maximum atomic E-state index is 5.58. The normalized spacial score (nSPS) is 20.3. The Labute approximate surface area is 156 Å². The molecule has 4 N–H and O–H groups in total. The van der Waals surface area contributed by atoms with E-state index in [1.54, 1.807) is 19.1 Å². The highest BCUT2D eigenvalue weighted by atomic mass is 16.5. The van der Waals surface area contributed by atoms with Gasteiger partial charge < -0.3 is 20.1 Å². The molecular formula is C22H32N2O2+2. The minimum atomic E-state index is 0.367. The predicted octanol–water partition coefficient (Wildman–Crippen LogP) is 1.72. The second-order valence-corrected chi connectivity index (χ2v) is 7.31. The maximum Gasteiger partial charge on any atom is 0.166 e. The van der Waals surface area contributed by atoms with Crippen molar-refractivity contribution in [2.75, 3.05) is 20.8 Å². The highest BCUT2D eigenvalue weighted by Crippen LogP contribution is 2.35. The first-order valence-electron chi connectivity index (χ1n) is 9.56. The van der Waals surface area contributed by atoms with E-state index in [0.29, 0.717) is 12.1 Å². The summed E-state index contributed by atoms with van der Waals surface area (Å²) in [5, 5.41) is 0. The third-order valence-electron chi connectivity index (χ3n) is 5.81. The number of benzene rings is 2. The summed E-state index contributed by atoms with van der Waals surface area (Å²) in [6.07, 6.45) is 2.12. The van der Waals surface area contributed by atoms with Gasteiger partial charge in [0.25, 0.3) is 0 Å². The van der Waals surface area contributed by atoms with Crippen LogP contribution in [0.15, 0.2) is 36.4 Å². The van der Waals surface area contributed by atoms with E-state index in [2.05, 4.69) is 56.0 Å². The number of nitrogens with one attached hydrogen (secondary N) is 1. The topological polar surface area (TPSA) is 50.5 Å². The lowest BCUT2D eigenvalue weighted by Crippen LogP contribution is -3.14. The molecule has 2 aromatic carbocycles. The standard InChI is InChI=1S/C22H30N2O2/c1-5-19(23)22-18-13-21(26-4)20(25-3)12-16(18)10-11-24(22)14-17-9-7-6-8-15(17)2/h6-9,12-13,19,22H,5,10-11,14,23H2,1-4H3/p+2/t19-,22-/m1/s1. The van der Waals surface area contributed by atoms with Gasteiger partial charge in [0.15, 0.2) is 17.5 Å². The molecule has 0 aliphatic carbocycles. The monoisotopic (exact) mass is 356 g/mol. The molecule has 4 heteroatoms. The lowest BCUT2D eigenvalue weighted by Gasteiger charge is -2.36. The number of hydrogen-bond donors (Lipinski definition) is 2. The molecule has 1 aliphatic rings. The molecule has 1 aliphatic heterocycles. The molecule has 0 saturated heterocycles. The predicted molar refractivity (Wildman–Crippen MR) is 104 cm³/mol. The summed E-state index contributed by atoms with van der Waals surface area (Å²) in [6, 6.07) is 13.8. The van der Waals surface area contributed by atoms with Crippen LogP contribution in [0.2, 0.25) is 0 Å². The van der Waals surface area contributed by atoms with E-state index in [0.717, 1.165) is 37.4 Å². The first kappa shape index (κ1) is 18.7. The van der Waals surface area contributed by atoms with Crippen molar-refractivity contribution in [3.05, 3.63) is 58.7 Å². The molecule has 2 aromatic rings. The van der Waals surface area contributed by atoms with Gasteiger partial charge in [0.05, 0.1) is 20.8 Å². The molecule has 1 unspecified atom stereocenters. The Balaban J connectivity index is 2.00. The van der Waals surface area contributed by atoms with Crippen molar-refractivity contribution in [3.63, 3.8) is 0 Å². The average Bonchev–Trinajstić information content (AvgIpc) is 2.67. The Morgan fingerprint density at radius 3 is 2.50 bits per heavy atom. The molecule has 140 valence electrons. The van der Waals surface area contributed by atoms with Crippen molar-refractivity contribution in [1.82, 2.24) is 0 Å². The third kappa shape index (κ3) is 3.57. The Bertz CT molecular complexity index is 760. The molecule has 0 bridgehead atoms. The lowest BCUT2D eigenvalue weighted by molar-refractivity contribution is -0.957. The molecule has 4 nitrogen and oxygen atoms in total. The van der Waals surface area contributed by atoms with Crippen molar-refractivity contribution < 1.29 is 20.1 Å². The van der Waals surface area contributed by atoms with Gasteiger partial charge in [0.1, 0.15) is 12.6 Å². The highest BCUT2D eigenvalue weighted by molar-refractivity contribution is 5.49. The smallest absolute Gasteiger partial charge is 0.166 e. The number of rotatable bonds is 6. The van der Waals surface area contributed by atoms with E-state index in [4.69, 9.17) is 9.47 Å². The molecule has 3 atom stereocenters. The average molecular weight is 357 g/mol. The molecule has 1 heterocycles. The molecule has 26 heavy (non-hydrogen) atoms. The minimum absolute atomic E-state index is 0.367. The lowest BCUT2D eigenvalue weighted by atomic mass is 9.86. The number of fused-ring (bicyclic) bond motifs is 1. The van der Waals surface area contributed by atoms with Gasteiger partial charge >= 0.3 is 0 Å². The number of hydrogen-bond acceptors (Lipinski definition) is 2. The number of quaternary nitrogens is 2. The summed E-state index contributed by atoms with van der Waals surface area (Å²) in [5.41, 5.74) is 10.1. The molecule has 0 radical (unpaired) electrons. The van der Waals surface area contributed by atoms with Gasteiger partial charge in [-0.1, -0.05) is 31.2 Å². The number of aryl methyl sites for hydroxylation is 1. The van der Waals surface area contributed by atoms with E-state index in [1.807, 2.05) is 0 Å². The zero-order valence-electron chi connectivity index (χ0n) is 16.5. The molecule has 0 fully saturated rings. The Hall–Kier alpha value is -2.04. The van der Waals surface area contributed by atoms with Gasteiger partial charge in [0.2, 0.25) is 0 Å². The van der Waals surface area contributed by atoms with Crippen LogP contribution in [-0.2, 0) is 13.0 Å². The highest BCUT2D eigenvalue weighted by Gasteiger charge is 2.38. The number of ether oxygens (including phenoxy) is 2. The Morgan fingerprint density at radius 1 is 1.15 bits per heavy atom. The summed E-state index contributed by atoms with van der Waals surface area (Å²) in [4.78, 5) is 1.60. The molecule has 3 rings (SSSR count). The first-order chi connectivity index (χ1) is 12.6. The summed E-state index contributed by atoms with van der Waals surface area (Å²) in [7, 11) is 3.41. The Morgan fingerprint density at radius 2 is 1.85 bits per heavy atom. The van der Waals surface area contributed by atoms with Crippen molar-refractivity contribution in [3.8, 4) is 11.5 Å². The molecule has 0 spiro atoms. The van der Waals surface area contributed by atoms with Gasteiger partial charge in [0, 0.05) is 24.0 Å². The van der Waals surface area contributed by atoms with E-state index >= 15 is 0 Å². The second-order valence-electron chi connectivity index (χ2n) is 7.31. The fourth-order valence-corrected chi connectivity index (χ4v) is 4.19. The summed E-state index contributed by atoms with van der Waals surface area (Å²) in [6.45, 7) is 6.60. The SMILES string of the molecule is CC[C@@H]([NH3+])[C@H]1c2cc(OC)c(OC)cc2CC[NH+]1Cc1ccccc1C. The molecule has 0 amide bonds.